The number of hydrogen-bond donors (Lipinski definition) is 0. The third kappa shape index (κ3) is 4.55. The smallest absolute Gasteiger partial charge is 0.180 e. The third-order valence-electron chi connectivity index (χ3n) is 9.42. The predicted molar refractivity (Wildman–Crippen MR) is 199 cm³/mol. The molecule has 0 aliphatic carbocycles. The minimum Gasteiger partial charge on any atom is -0.309 e. The summed E-state index contributed by atoms with van der Waals surface area (Å²) in [6.45, 7) is 0. The zero-order valence-electron chi connectivity index (χ0n) is 26.1. The van der Waals surface area contributed by atoms with Crippen LogP contribution in [0.5, 0.6) is 0 Å². The highest BCUT2D eigenvalue weighted by Crippen LogP contribution is 2.36. The van der Waals surface area contributed by atoms with Gasteiger partial charge >= 0.3 is 0 Å². The van der Waals surface area contributed by atoms with Crippen LogP contribution in [-0.4, -0.2) is 12.6 Å². The van der Waals surface area contributed by atoms with Gasteiger partial charge in [-0.3, -0.25) is 0 Å². The zero-order valence-corrected chi connectivity index (χ0v) is 27.1. The molecule has 8 rings (SSSR count). The average Bonchev–Trinajstić information content (AvgIpc) is 3.50. The summed E-state index contributed by atoms with van der Waals surface area (Å²) in [4.78, 5) is 0. The van der Waals surface area contributed by atoms with Gasteiger partial charge in [-0.25, -0.2) is 0 Å². The van der Waals surface area contributed by atoms with Gasteiger partial charge in [0.1, 0.15) is 0 Å². The molecule has 48 heavy (non-hydrogen) atoms. The highest BCUT2D eigenvalue weighted by molar-refractivity contribution is 7.20. The zero-order chi connectivity index (χ0) is 32.5. The lowest BCUT2D eigenvalue weighted by molar-refractivity contribution is 1.18. The summed E-state index contributed by atoms with van der Waals surface area (Å²) in [6.07, 6.45) is 0. The van der Waals surface area contributed by atoms with E-state index in [0.29, 0.717) is 11.1 Å². The Kier molecular flexibility index (Phi) is 7.27. The van der Waals surface area contributed by atoms with Gasteiger partial charge in [-0.2, -0.15) is 10.5 Å². The van der Waals surface area contributed by atoms with Crippen LogP contribution in [0.1, 0.15) is 11.1 Å². The summed E-state index contributed by atoms with van der Waals surface area (Å²) in [7, 11) is -2.97. The molecule has 0 saturated heterocycles. The number of aromatic nitrogens is 1. The Labute approximate surface area is 280 Å². The summed E-state index contributed by atoms with van der Waals surface area (Å²) in [5.74, 6) is 0. The largest absolute Gasteiger partial charge is 0.309 e. The van der Waals surface area contributed by atoms with Gasteiger partial charge in [0.05, 0.1) is 40.0 Å². The number of fused-ring (bicyclic) bond motifs is 3. The van der Waals surface area contributed by atoms with E-state index < -0.39 is 8.07 Å². The lowest BCUT2D eigenvalue weighted by Gasteiger charge is -2.35. The normalized spacial score (nSPS) is 11.3. The molecule has 0 amide bonds. The van der Waals surface area contributed by atoms with Crippen LogP contribution in [0.25, 0.3) is 38.6 Å². The molecular weight excluding hydrogens is 599 g/mol. The number of rotatable bonds is 6. The number of benzene rings is 7. The van der Waals surface area contributed by atoms with Crippen molar-refractivity contribution in [2.45, 2.75) is 0 Å². The number of nitrogens with zero attached hydrogens (tertiary/aromatic N) is 3. The van der Waals surface area contributed by atoms with Crippen molar-refractivity contribution in [2.24, 2.45) is 0 Å². The molecule has 4 heteroatoms. The van der Waals surface area contributed by atoms with E-state index in [0.717, 1.165) is 43.8 Å². The summed E-state index contributed by atoms with van der Waals surface area (Å²) >= 11 is 0. The second-order valence-corrected chi connectivity index (χ2v) is 15.7. The lowest BCUT2D eigenvalue weighted by Crippen LogP contribution is -2.75. The predicted octanol–water partition coefficient (Wildman–Crippen LogP) is 7.57. The molecule has 3 nitrogen and oxygen atoms in total. The summed E-state index contributed by atoms with van der Waals surface area (Å²) in [5.41, 5.74) is 6.75. The highest BCUT2D eigenvalue weighted by Gasteiger charge is 2.43. The monoisotopic (exact) mass is 627 g/mol. The highest BCUT2D eigenvalue weighted by atomic mass is 28.3. The van der Waals surface area contributed by atoms with E-state index in [4.69, 9.17) is 0 Å². The van der Waals surface area contributed by atoms with Crippen molar-refractivity contribution in [3.63, 3.8) is 0 Å². The van der Waals surface area contributed by atoms with Gasteiger partial charge in [0.2, 0.25) is 0 Å². The minimum absolute atomic E-state index is 0.646. The summed E-state index contributed by atoms with van der Waals surface area (Å²) in [5, 5.41) is 27.0. The van der Waals surface area contributed by atoms with Crippen LogP contribution in [-0.2, 0) is 0 Å². The van der Waals surface area contributed by atoms with Crippen LogP contribution in [0.2, 0.25) is 0 Å². The fourth-order valence-corrected chi connectivity index (χ4v) is 12.3. The first kappa shape index (κ1) is 29.0. The average molecular weight is 628 g/mol. The van der Waals surface area contributed by atoms with E-state index in [1.165, 1.54) is 15.6 Å². The van der Waals surface area contributed by atoms with Gasteiger partial charge in [-0.15, -0.1) is 0 Å². The van der Waals surface area contributed by atoms with Gasteiger partial charge in [-0.05, 0) is 62.7 Å². The standard InChI is InChI=1S/C44H29N3Si/c45-30-32-26-27-43-40(28-32)39-22-9-11-24-42(39)47(43)41-23-10-8-21-38(41)33-15-13-20-37(29-33)48(35-16-3-1-4-17-35,36-18-5-2-6-19-36)44-25-12-7-14-34(44)31-46/h1-29H. The Morgan fingerprint density at radius 1 is 0.458 bits per heavy atom. The van der Waals surface area contributed by atoms with Gasteiger partial charge in [-0.1, -0.05) is 140 Å². The van der Waals surface area contributed by atoms with Crippen molar-refractivity contribution in [1.82, 2.24) is 4.57 Å². The first-order valence-corrected chi connectivity index (χ1v) is 18.0. The molecule has 0 bridgehead atoms. The maximum absolute atomic E-state index is 10.5. The maximum Gasteiger partial charge on any atom is 0.180 e. The fourth-order valence-electron chi connectivity index (χ4n) is 7.39. The maximum atomic E-state index is 10.5. The topological polar surface area (TPSA) is 52.5 Å². The number of hydrogen-bond acceptors (Lipinski definition) is 2. The van der Waals surface area contributed by atoms with Crippen molar-refractivity contribution in [1.29, 1.82) is 10.5 Å². The molecule has 7 aromatic carbocycles. The molecule has 0 aliphatic heterocycles. The van der Waals surface area contributed by atoms with Crippen molar-refractivity contribution < 1.29 is 0 Å². The van der Waals surface area contributed by atoms with Crippen LogP contribution in [0.4, 0.5) is 0 Å². The second kappa shape index (κ2) is 12.0. The lowest BCUT2D eigenvalue weighted by atomic mass is 10.0. The third-order valence-corrected chi connectivity index (χ3v) is 14.2. The Bertz CT molecular complexity index is 2500. The second-order valence-electron chi connectivity index (χ2n) is 11.9. The molecule has 0 saturated carbocycles. The molecule has 0 spiro atoms. The molecule has 0 radical (unpaired) electrons. The van der Waals surface area contributed by atoms with Crippen LogP contribution >= 0.6 is 0 Å². The van der Waals surface area contributed by atoms with E-state index in [-0.39, 0.29) is 0 Å². The van der Waals surface area contributed by atoms with E-state index in [2.05, 4.69) is 168 Å². The van der Waals surface area contributed by atoms with E-state index >= 15 is 0 Å². The van der Waals surface area contributed by atoms with Crippen molar-refractivity contribution in [2.75, 3.05) is 0 Å². The Morgan fingerprint density at radius 2 is 1.08 bits per heavy atom. The van der Waals surface area contributed by atoms with E-state index in [9.17, 15) is 10.5 Å². The number of para-hydroxylation sites is 2. The first-order chi connectivity index (χ1) is 23.7. The quantitative estimate of drug-likeness (QED) is 0.141. The summed E-state index contributed by atoms with van der Waals surface area (Å²) in [6, 6.07) is 66.2. The molecule has 0 fully saturated rings. The molecule has 0 aliphatic rings. The Morgan fingerprint density at radius 3 is 1.83 bits per heavy atom. The Balaban J connectivity index is 1.43. The molecule has 0 N–H and O–H groups in total. The SMILES string of the molecule is N#Cc1ccc2c(c1)c1ccccc1n2-c1ccccc1-c1cccc([Si](c2ccccc2)(c2ccccc2)c2ccccc2C#N)c1. The molecule has 0 unspecified atom stereocenters. The Hall–Kier alpha value is -6.46. The van der Waals surface area contributed by atoms with Crippen LogP contribution < -0.4 is 20.7 Å². The first-order valence-electron chi connectivity index (χ1n) is 16.0. The molecule has 224 valence electrons. The molecule has 0 atom stereocenters. The van der Waals surface area contributed by atoms with Crippen LogP contribution in [0, 0.1) is 22.7 Å². The summed E-state index contributed by atoms with van der Waals surface area (Å²) < 4.78 is 2.32. The van der Waals surface area contributed by atoms with Crippen molar-refractivity contribution in [3.05, 3.63) is 187 Å². The molecular formula is C44H29N3Si. The van der Waals surface area contributed by atoms with Crippen molar-refractivity contribution in [3.8, 4) is 29.0 Å². The van der Waals surface area contributed by atoms with E-state index in [1.54, 1.807) is 0 Å². The van der Waals surface area contributed by atoms with Gasteiger partial charge in [0.15, 0.2) is 8.07 Å². The fraction of sp³-hybridized carbons (Fsp3) is 0. The molecule has 1 aromatic heterocycles. The van der Waals surface area contributed by atoms with Gasteiger partial charge < -0.3 is 4.57 Å². The minimum atomic E-state index is -2.97. The van der Waals surface area contributed by atoms with E-state index in [1.807, 2.05) is 24.3 Å². The molecule has 8 aromatic rings. The van der Waals surface area contributed by atoms with Gasteiger partial charge in [0, 0.05) is 16.3 Å². The van der Waals surface area contributed by atoms with Crippen LogP contribution in [0.3, 0.4) is 0 Å². The molecule has 1 heterocycles. The number of nitriles is 2. The van der Waals surface area contributed by atoms with Gasteiger partial charge in [0.25, 0.3) is 0 Å². The van der Waals surface area contributed by atoms with Crippen LogP contribution in [0.15, 0.2) is 176 Å². The van der Waals surface area contributed by atoms with Crippen molar-refractivity contribution >= 4 is 50.6 Å².